The van der Waals surface area contributed by atoms with E-state index < -0.39 is 18.3 Å². The summed E-state index contributed by atoms with van der Waals surface area (Å²) < 4.78 is 36.7. The van der Waals surface area contributed by atoms with Crippen LogP contribution in [0.3, 0.4) is 0 Å². The third-order valence-corrected chi connectivity index (χ3v) is 3.74. The third-order valence-electron chi connectivity index (χ3n) is 3.74. The van der Waals surface area contributed by atoms with Crippen LogP contribution < -0.4 is 16.0 Å². The molecular weight excluding hydrogens is 347 g/mol. The maximum atomic E-state index is 12.2. The van der Waals surface area contributed by atoms with E-state index >= 15 is 0 Å². The first kappa shape index (κ1) is 19.9. The van der Waals surface area contributed by atoms with E-state index in [1.807, 2.05) is 6.92 Å². The van der Waals surface area contributed by atoms with E-state index in [1.54, 1.807) is 31.5 Å². The first-order valence-corrected chi connectivity index (χ1v) is 8.27. The number of carbonyl (C=O) groups is 1. The molecule has 6 nitrogen and oxygen atoms in total. The number of hydrogen-bond acceptors (Lipinski definition) is 5. The molecule has 142 valence electrons. The van der Waals surface area contributed by atoms with Crippen LogP contribution in [0.5, 0.6) is 0 Å². The highest BCUT2D eigenvalue weighted by atomic mass is 19.4. The fourth-order valence-corrected chi connectivity index (χ4v) is 2.26. The molecule has 0 spiro atoms. The summed E-state index contributed by atoms with van der Waals surface area (Å²) in [5, 5.41) is 9.08. The zero-order chi connectivity index (χ0) is 19.2. The number of hydrogen-bond donors (Lipinski definition) is 3. The molecule has 0 aliphatic carbocycles. The molecule has 0 radical (unpaired) electrons. The minimum absolute atomic E-state index is 0.123. The standard InChI is InChI=1S/C17H22F3N5O/c1-3-15(26)24-14-10-21-11-16(2,25-14)23-9-12-4-5-13(22-8-12)6-7-17(18,19)20/h4-5,8,10-11,23,25H,3,6-7,9H2,1-2H3,(H,24,26). The van der Waals surface area contributed by atoms with Gasteiger partial charge in [0.1, 0.15) is 11.5 Å². The molecule has 0 saturated heterocycles. The van der Waals surface area contributed by atoms with Gasteiger partial charge in [-0.05, 0) is 25.0 Å². The number of pyridine rings is 1. The van der Waals surface area contributed by atoms with Crippen molar-refractivity contribution in [2.45, 2.75) is 51.5 Å². The summed E-state index contributed by atoms with van der Waals surface area (Å²) in [7, 11) is 0. The number of halogens is 3. The molecule has 1 unspecified atom stereocenters. The van der Waals surface area contributed by atoms with Crippen LogP contribution in [0.25, 0.3) is 0 Å². The maximum absolute atomic E-state index is 12.2. The molecule has 9 heteroatoms. The van der Waals surface area contributed by atoms with Crippen molar-refractivity contribution in [1.29, 1.82) is 0 Å². The highest BCUT2D eigenvalue weighted by Gasteiger charge is 2.27. The lowest BCUT2D eigenvalue weighted by atomic mass is 10.1. The van der Waals surface area contributed by atoms with Gasteiger partial charge in [-0.3, -0.25) is 20.1 Å². The minimum Gasteiger partial charge on any atom is -0.348 e. The molecule has 1 amide bonds. The van der Waals surface area contributed by atoms with Crippen molar-refractivity contribution in [2.75, 3.05) is 0 Å². The predicted molar refractivity (Wildman–Crippen MR) is 92.0 cm³/mol. The van der Waals surface area contributed by atoms with Crippen LogP contribution in [0.15, 0.2) is 35.3 Å². The van der Waals surface area contributed by atoms with Gasteiger partial charge < -0.3 is 10.6 Å². The summed E-state index contributed by atoms with van der Waals surface area (Å²) in [6, 6.07) is 3.34. The van der Waals surface area contributed by atoms with E-state index in [2.05, 4.69) is 25.9 Å². The topological polar surface area (TPSA) is 78.4 Å². The van der Waals surface area contributed by atoms with Gasteiger partial charge in [-0.2, -0.15) is 13.2 Å². The first-order valence-electron chi connectivity index (χ1n) is 8.27. The van der Waals surface area contributed by atoms with E-state index in [-0.39, 0.29) is 12.3 Å². The third kappa shape index (κ3) is 6.47. The minimum atomic E-state index is -4.18. The molecule has 0 saturated carbocycles. The molecular formula is C17H22F3N5O. The second-order valence-electron chi connectivity index (χ2n) is 6.18. The molecule has 0 fully saturated rings. The number of rotatable bonds is 7. The number of amides is 1. The molecule has 2 heterocycles. The van der Waals surface area contributed by atoms with Gasteiger partial charge in [0.15, 0.2) is 0 Å². The lowest BCUT2D eigenvalue weighted by Crippen LogP contribution is -2.58. The smallest absolute Gasteiger partial charge is 0.348 e. The molecule has 1 atom stereocenters. The Bertz CT molecular complexity index is 685. The Balaban J connectivity index is 1.87. The van der Waals surface area contributed by atoms with E-state index in [0.29, 0.717) is 24.5 Å². The van der Waals surface area contributed by atoms with E-state index in [0.717, 1.165) is 5.56 Å². The number of aliphatic imine (C=N–C) groups is 1. The van der Waals surface area contributed by atoms with Crippen molar-refractivity contribution in [3.63, 3.8) is 0 Å². The summed E-state index contributed by atoms with van der Waals surface area (Å²) in [5.41, 5.74) is 0.549. The molecule has 0 aromatic carbocycles. The molecule has 1 aromatic rings. The Kier molecular flexibility index (Phi) is 6.36. The molecule has 1 aliphatic rings. The van der Waals surface area contributed by atoms with Gasteiger partial charge in [0.05, 0.1) is 6.20 Å². The predicted octanol–water partition coefficient (Wildman–Crippen LogP) is 2.38. The van der Waals surface area contributed by atoms with Gasteiger partial charge in [-0.25, -0.2) is 0 Å². The lowest BCUT2D eigenvalue weighted by Gasteiger charge is -2.32. The van der Waals surface area contributed by atoms with Gasteiger partial charge >= 0.3 is 6.18 Å². The lowest BCUT2D eigenvalue weighted by molar-refractivity contribution is -0.134. The van der Waals surface area contributed by atoms with Crippen molar-refractivity contribution < 1.29 is 18.0 Å². The van der Waals surface area contributed by atoms with E-state index in [4.69, 9.17) is 0 Å². The van der Waals surface area contributed by atoms with Gasteiger partial charge in [-0.15, -0.1) is 0 Å². The van der Waals surface area contributed by atoms with E-state index in [1.165, 1.54) is 6.20 Å². The maximum Gasteiger partial charge on any atom is 0.389 e. The van der Waals surface area contributed by atoms with Crippen molar-refractivity contribution in [2.24, 2.45) is 4.99 Å². The van der Waals surface area contributed by atoms with Gasteiger partial charge in [0.2, 0.25) is 5.91 Å². The Hall–Kier alpha value is -2.42. The Morgan fingerprint density at radius 3 is 2.73 bits per heavy atom. The Morgan fingerprint density at radius 1 is 1.35 bits per heavy atom. The molecule has 0 bridgehead atoms. The monoisotopic (exact) mass is 369 g/mol. The summed E-state index contributed by atoms with van der Waals surface area (Å²) in [4.78, 5) is 19.7. The average molecular weight is 369 g/mol. The first-order chi connectivity index (χ1) is 12.2. The zero-order valence-corrected chi connectivity index (χ0v) is 14.7. The summed E-state index contributed by atoms with van der Waals surface area (Å²) in [6.07, 6.45) is -0.0887. The quantitative estimate of drug-likeness (QED) is 0.690. The fourth-order valence-electron chi connectivity index (χ4n) is 2.26. The number of aryl methyl sites for hydroxylation is 1. The summed E-state index contributed by atoms with van der Waals surface area (Å²) >= 11 is 0. The number of carbonyl (C=O) groups excluding carboxylic acids is 1. The van der Waals surface area contributed by atoms with Crippen molar-refractivity contribution in [3.8, 4) is 0 Å². The van der Waals surface area contributed by atoms with Crippen LogP contribution in [0.4, 0.5) is 13.2 Å². The average Bonchev–Trinajstić information content (AvgIpc) is 2.58. The van der Waals surface area contributed by atoms with E-state index in [9.17, 15) is 18.0 Å². The number of alkyl halides is 3. The van der Waals surface area contributed by atoms with Crippen LogP contribution in [0.2, 0.25) is 0 Å². The Labute approximate surface area is 150 Å². The van der Waals surface area contributed by atoms with Gasteiger partial charge in [0.25, 0.3) is 0 Å². The van der Waals surface area contributed by atoms with Crippen LogP contribution in [0.1, 0.15) is 37.9 Å². The summed E-state index contributed by atoms with van der Waals surface area (Å²) in [6.45, 7) is 4.04. The fraction of sp³-hybridized carbons (Fsp3) is 0.471. The van der Waals surface area contributed by atoms with Crippen molar-refractivity contribution in [3.05, 3.63) is 41.6 Å². The van der Waals surface area contributed by atoms with Crippen molar-refractivity contribution >= 4 is 12.1 Å². The second-order valence-corrected chi connectivity index (χ2v) is 6.18. The Morgan fingerprint density at radius 2 is 2.12 bits per heavy atom. The number of aromatic nitrogens is 1. The molecule has 26 heavy (non-hydrogen) atoms. The highest BCUT2D eigenvalue weighted by molar-refractivity contribution is 5.78. The largest absolute Gasteiger partial charge is 0.389 e. The molecule has 1 aliphatic heterocycles. The van der Waals surface area contributed by atoms with Gasteiger partial charge in [0, 0.05) is 37.5 Å². The number of nitrogens with zero attached hydrogens (tertiary/aromatic N) is 2. The second kappa shape index (κ2) is 8.31. The van der Waals surface area contributed by atoms with Crippen LogP contribution in [-0.2, 0) is 17.8 Å². The molecule has 3 N–H and O–H groups in total. The SMILES string of the molecule is CCC(=O)NC1=CN=CC(C)(NCc2ccc(CCC(F)(F)F)nc2)N1. The normalized spacial score (nSPS) is 19.7. The van der Waals surface area contributed by atoms with Crippen LogP contribution >= 0.6 is 0 Å². The molecule has 1 aromatic heterocycles. The van der Waals surface area contributed by atoms with Crippen LogP contribution in [-0.4, -0.2) is 28.9 Å². The van der Waals surface area contributed by atoms with Gasteiger partial charge in [-0.1, -0.05) is 13.0 Å². The van der Waals surface area contributed by atoms with Crippen molar-refractivity contribution in [1.82, 2.24) is 20.9 Å². The zero-order valence-electron chi connectivity index (χ0n) is 14.7. The molecule has 2 rings (SSSR count). The highest BCUT2D eigenvalue weighted by Crippen LogP contribution is 2.21. The van der Waals surface area contributed by atoms with Crippen LogP contribution in [0, 0.1) is 0 Å². The number of nitrogens with one attached hydrogen (secondary N) is 3. The summed E-state index contributed by atoms with van der Waals surface area (Å²) in [5.74, 6) is 0.372.